The third-order valence-electron chi connectivity index (χ3n) is 4.15. The molecule has 4 aromatic rings. The lowest BCUT2D eigenvalue weighted by Gasteiger charge is -2.00. The SMILES string of the molecule is Cc1ccc(N=Nc2c(C)nc3cc(-c4ccccc4)[nH]n3c2=O)cc1. The van der Waals surface area contributed by atoms with Crippen molar-refractivity contribution < 1.29 is 0 Å². The Balaban J connectivity index is 1.78. The van der Waals surface area contributed by atoms with Crippen molar-refractivity contribution >= 4 is 17.0 Å². The number of aromatic nitrogens is 3. The molecule has 0 saturated heterocycles. The molecule has 0 aliphatic rings. The zero-order valence-electron chi connectivity index (χ0n) is 14.5. The van der Waals surface area contributed by atoms with Crippen LogP contribution in [0.2, 0.25) is 0 Å². The number of aromatic amines is 1. The topological polar surface area (TPSA) is 74.9 Å². The number of hydrogen-bond acceptors (Lipinski definition) is 4. The van der Waals surface area contributed by atoms with Gasteiger partial charge in [0.05, 0.1) is 17.1 Å². The summed E-state index contributed by atoms with van der Waals surface area (Å²) in [5.41, 5.74) is 4.69. The monoisotopic (exact) mass is 343 g/mol. The van der Waals surface area contributed by atoms with Crippen LogP contribution in [-0.2, 0) is 0 Å². The first-order valence-corrected chi connectivity index (χ1v) is 8.28. The van der Waals surface area contributed by atoms with Crippen molar-refractivity contribution in [3.05, 3.63) is 82.3 Å². The minimum absolute atomic E-state index is 0.226. The molecule has 128 valence electrons. The largest absolute Gasteiger partial charge is 0.300 e. The van der Waals surface area contributed by atoms with E-state index in [1.807, 2.05) is 67.6 Å². The van der Waals surface area contributed by atoms with Crippen molar-refractivity contribution in [3.63, 3.8) is 0 Å². The van der Waals surface area contributed by atoms with Crippen LogP contribution in [0, 0.1) is 13.8 Å². The van der Waals surface area contributed by atoms with Crippen LogP contribution in [0.4, 0.5) is 11.4 Å². The summed E-state index contributed by atoms with van der Waals surface area (Å²) in [6, 6.07) is 19.3. The molecule has 6 heteroatoms. The zero-order chi connectivity index (χ0) is 18.1. The van der Waals surface area contributed by atoms with Crippen LogP contribution in [0.15, 0.2) is 75.7 Å². The summed E-state index contributed by atoms with van der Waals surface area (Å²) in [6.45, 7) is 3.77. The van der Waals surface area contributed by atoms with E-state index in [0.717, 1.165) is 16.8 Å². The molecule has 2 aromatic heterocycles. The summed E-state index contributed by atoms with van der Waals surface area (Å²) in [5, 5.41) is 11.4. The first kappa shape index (κ1) is 16.0. The van der Waals surface area contributed by atoms with Crippen LogP contribution in [0.1, 0.15) is 11.3 Å². The van der Waals surface area contributed by atoms with Gasteiger partial charge in [-0.3, -0.25) is 9.89 Å². The quantitative estimate of drug-likeness (QED) is 0.546. The van der Waals surface area contributed by atoms with E-state index in [-0.39, 0.29) is 11.2 Å². The van der Waals surface area contributed by atoms with Gasteiger partial charge in [0, 0.05) is 6.07 Å². The van der Waals surface area contributed by atoms with Gasteiger partial charge in [-0.05, 0) is 31.5 Å². The van der Waals surface area contributed by atoms with Crippen LogP contribution in [-0.4, -0.2) is 14.6 Å². The third-order valence-corrected chi connectivity index (χ3v) is 4.15. The standard InChI is InChI=1S/C20H17N5O/c1-13-8-10-16(11-9-13)22-23-19-14(2)21-18-12-17(24-25(18)20(19)26)15-6-4-3-5-7-15/h3-12,24H,1-2H3. The van der Waals surface area contributed by atoms with Gasteiger partial charge >= 0.3 is 5.56 Å². The maximum atomic E-state index is 12.8. The summed E-state index contributed by atoms with van der Waals surface area (Å²) in [5.74, 6) is 0. The number of H-pyrrole nitrogens is 1. The number of nitrogens with zero attached hydrogens (tertiary/aromatic N) is 4. The summed E-state index contributed by atoms with van der Waals surface area (Å²) < 4.78 is 1.40. The predicted octanol–water partition coefficient (Wildman–Crippen LogP) is 4.72. The highest BCUT2D eigenvalue weighted by Gasteiger charge is 2.12. The highest BCUT2D eigenvalue weighted by Crippen LogP contribution is 2.21. The molecular formula is C20H17N5O. The fourth-order valence-electron chi connectivity index (χ4n) is 2.73. The highest BCUT2D eigenvalue weighted by atomic mass is 16.1. The molecule has 0 fully saturated rings. The van der Waals surface area contributed by atoms with Gasteiger partial charge in [-0.1, -0.05) is 48.0 Å². The van der Waals surface area contributed by atoms with Crippen molar-refractivity contribution in [2.45, 2.75) is 13.8 Å². The van der Waals surface area contributed by atoms with E-state index in [1.54, 1.807) is 6.92 Å². The van der Waals surface area contributed by atoms with Gasteiger partial charge in [-0.15, -0.1) is 5.11 Å². The molecule has 0 atom stereocenters. The van der Waals surface area contributed by atoms with Crippen LogP contribution < -0.4 is 5.56 Å². The smallest absolute Gasteiger partial charge is 0.289 e. The molecule has 0 spiro atoms. The number of rotatable bonds is 3. The molecule has 2 aromatic carbocycles. The van der Waals surface area contributed by atoms with Crippen molar-refractivity contribution in [2.75, 3.05) is 0 Å². The Hall–Kier alpha value is -3.54. The molecule has 0 aliphatic carbocycles. The molecular weight excluding hydrogens is 326 g/mol. The van der Waals surface area contributed by atoms with Gasteiger partial charge in [-0.25, -0.2) is 4.98 Å². The van der Waals surface area contributed by atoms with E-state index in [2.05, 4.69) is 20.3 Å². The van der Waals surface area contributed by atoms with E-state index in [9.17, 15) is 4.79 Å². The number of hydrogen-bond donors (Lipinski definition) is 1. The molecule has 6 nitrogen and oxygen atoms in total. The van der Waals surface area contributed by atoms with Crippen LogP contribution in [0.25, 0.3) is 16.9 Å². The van der Waals surface area contributed by atoms with E-state index < -0.39 is 0 Å². The molecule has 0 bridgehead atoms. The summed E-state index contributed by atoms with van der Waals surface area (Å²) in [6.07, 6.45) is 0. The van der Waals surface area contributed by atoms with Crippen molar-refractivity contribution in [2.24, 2.45) is 10.2 Å². The molecule has 0 saturated carbocycles. The second-order valence-electron chi connectivity index (χ2n) is 6.12. The van der Waals surface area contributed by atoms with Crippen LogP contribution in [0.5, 0.6) is 0 Å². The first-order chi connectivity index (χ1) is 12.6. The Morgan fingerprint density at radius 2 is 1.69 bits per heavy atom. The van der Waals surface area contributed by atoms with Gasteiger partial charge in [0.2, 0.25) is 0 Å². The Bertz CT molecular complexity index is 1150. The number of nitrogens with one attached hydrogen (secondary N) is 1. The van der Waals surface area contributed by atoms with Gasteiger partial charge in [0.15, 0.2) is 11.3 Å². The summed E-state index contributed by atoms with van der Waals surface area (Å²) in [7, 11) is 0. The van der Waals surface area contributed by atoms with Gasteiger partial charge in [0.25, 0.3) is 0 Å². The average molecular weight is 343 g/mol. The Labute approximate surface area is 149 Å². The minimum Gasteiger partial charge on any atom is -0.289 e. The number of azo groups is 1. The molecule has 0 aliphatic heterocycles. The lowest BCUT2D eigenvalue weighted by atomic mass is 10.2. The number of aryl methyl sites for hydroxylation is 2. The average Bonchev–Trinajstić information content (AvgIpc) is 3.08. The Kier molecular flexibility index (Phi) is 3.93. The predicted molar refractivity (Wildman–Crippen MR) is 101 cm³/mol. The number of fused-ring (bicyclic) bond motifs is 1. The van der Waals surface area contributed by atoms with E-state index >= 15 is 0 Å². The van der Waals surface area contributed by atoms with Crippen LogP contribution in [0.3, 0.4) is 0 Å². The molecule has 0 amide bonds. The van der Waals surface area contributed by atoms with Crippen molar-refractivity contribution in [1.29, 1.82) is 0 Å². The number of benzene rings is 2. The maximum absolute atomic E-state index is 12.8. The lowest BCUT2D eigenvalue weighted by Crippen LogP contribution is -2.15. The van der Waals surface area contributed by atoms with E-state index in [0.29, 0.717) is 17.0 Å². The molecule has 2 heterocycles. The molecule has 0 unspecified atom stereocenters. The lowest BCUT2D eigenvalue weighted by molar-refractivity contribution is 0.887. The summed E-state index contributed by atoms with van der Waals surface area (Å²) >= 11 is 0. The Morgan fingerprint density at radius 3 is 2.42 bits per heavy atom. The highest BCUT2D eigenvalue weighted by molar-refractivity contribution is 5.64. The van der Waals surface area contributed by atoms with Crippen LogP contribution >= 0.6 is 0 Å². The molecule has 26 heavy (non-hydrogen) atoms. The minimum atomic E-state index is -0.273. The third kappa shape index (κ3) is 2.93. The van der Waals surface area contributed by atoms with E-state index in [4.69, 9.17) is 0 Å². The maximum Gasteiger partial charge on any atom is 0.300 e. The van der Waals surface area contributed by atoms with Crippen molar-refractivity contribution in [3.8, 4) is 11.3 Å². The Morgan fingerprint density at radius 1 is 0.962 bits per heavy atom. The zero-order valence-corrected chi connectivity index (χ0v) is 14.5. The van der Waals surface area contributed by atoms with Gasteiger partial charge in [0.1, 0.15) is 0 Å². The molecule has 1 N–H and O–H groups in total. The van der Waals surface area contributed by atoms with Gasteiger partial charge < -0.3 is 0 Å². The van der Waals surface area contributed by atoms with E-state index in [1.165, 1.54) is 4.52 Å². The van der Waals surface area contributed by atoms with Gasteiger partial charge in [-0.2, -0.15) is 9.63 Å². The fraction of sp³-hybridized carbons (Fsp3) is 0.100. The molecule has 4 rings (SSSR count). The second-order valence-corrected chi connectivity index (χ2v) is 6.12. The first-order valence-electron chi connectivity index (χ1n) is 8.28. The fourth-order valence-corrected chi connectivity index (χ4v) is 2.73. The summed E-state index contributed by atoms with van der Waals surface area (Å²) in [4.78, 5) is 17.3. The molecule has 0 radical (unpaired) electrons. The normalized spacial score (nSPS) is 11.5. The van der Waals surface area contributed by atoms with Crippen molar-refractivity contribution in [1.82, 2.24) is 14.6 Å². The second kappa shape index (κ2) is 6.40.